The molecule has 7 heteroatoms. The van der Waals surface area contributed by atoms with Crippen molar-refractivity contribution in [1.82, 2.24) is 4.90 Å². The van der Waals surface area contributed by atoms with Gasteiger partial charge in [0.25, 0.3) is 10.1 Å². The lowest BCUT2D eigenvalue weighted by atomic mass is 9.93. The predicted molar refractivity (Wildman–Crippen MR) is 142 cm³/mol. The summed E-state index contributed by atoms with van der Waals surface area (Å²) < 4.78 is 32.6. The standard InChI is InChI=1S/C27H54N2O4S/c1-4-7-8-9-10-11-12-13-14-15-16-17-21-29(23-19-24-34(31,32)33)22-18-20-26(25-29)27(30)28(5-2)6-3/h26H,4-25H2,1-3H3/p+1. The summed E-state index contributed by atoms with van der Waals surface area (Å²) in [7, 11) is -3.94. The summed E-state index contributed by atoms with van der Waals surface area (Å²) in [6, 6.07) is 0. The van der Waals surface area contributed by atoms with E-state index in [1.807, 2.05) is 18.7 Å². The molecular weight excluding hydrogens is 448 g/mol. The average Bonchev–Trinajstić information content (AvgIpc) is 2.80. The van der Waals surface area contributed by atoms with E-state index in [1.165, 1.54) is 70.6 Å². The topological polar surface area (TPSA) is 74.7 Å². The van der Waals surface area contributed by atoms with Crippen molar-refractivity contribution in [3.8, 4) is 0 Å². The van der Waals surface area contributed by atoms with Crippen molar-refractivity contribution in [3.63, 3.8) is 0 Å². The van der Waals surface area contributed by atoms with Crippen LogP contribution in [0.3, 0.4) is 0 Å². The van der Waals surface area contributed by atoms with Crippen molar-refractivity contribution < 1.29 is 22.2 Å². The molecule has 0 radical (unpaired) electrons. The van der Waals surface area contributed by atoms with Crippen LogP contribution in [0.15, 0.2) is 0 Å². The Bertz CT molecular complexity index is 637. The van der Waals surface area contributed by atoms with Gasteiger partial charge in [0.1, 0.15) is 0 Å². The number of piperidine rings is 1. The van der Waals surface area contributed by atoms with E-state index in [-0.39, 0.29) is 17.6 Å². The maximum atomic E-state index is 13.0. The summed E-state index contributed by atoms with van der Waals surface area (Å²) in [5.74, 6) is 0.119. The summed E-state index contributed by atoms with van der Waals surface area (Å²) in [4.78, 5) is 15.0. The second-order valence-corrected chi connectivity index (χ2v) is 12.1. The molecule has 0 aromatic rings. The number of likely N-dealkylation sites (tertiary alicyclic amines) is 1. The molecule has 0 aromatic carbocycles. The molecule has 1 amide bonds. The Kier molecular flexibility index (Phi) is 16.3. The largest absolute Gasteiger partial charge is 0.343 e. The van der Waals surface area contributed by atoms with Crippen LogP contribution in [0.1, 0.15) is 117 Å². The van der Waals surface area contributed by atoms with Gasteiger partial charge in [-0.2, -0.15) is 8.42 Å². The first-order valence-corrected chi connectivity index (χ1v) is 16.0. The second kappa shape index (κ2) is 17.7. The van der Waals surface area contributed by atoms with E-state index in [9.17, 15) is 17.8 Å². The third-order valence-corrected chi connectivity index (χ3v) is 8.54. The zero-order chi connectivity index (χ0) is 25.3. The van der Waals surface area contributed by atoms with Crippen molar-refractivity contribution in [2.45, 2.75) is 117 Å². The normalized spacial score (nSPS) is 21.0. The monoisotopic (exact) mass is 503 g/mol. The van der Waals surface area contributed by atoms with Crippen LogP contribution in [-0.4, -0.2) is 73.3 Å². The number of hydrogen-bond donors (Lipinski definition) is 1. The van der Waals surface area contributed by atoms with Gasteiger partial charge >= 0.3 is 0 Å². The number of hydrogen-bond acceptors (Lipinski definition) is 3. The molecule has 34 heavy (non-hydrogen) atoms. The average molecular weight is 504 g/mol. The molecule has 0 aliphatic carbocycles. The summed E-state index contributed by atoms with van der Waals surface area (Å²) >= 11 is 0. The fourth-order valence-electron chi connectivity index (χ4n) is 5.71. The molecule has 1 aliphatic heterocycles. The Morgan fingerprint density at radius 1 is 0.824 bits per heavy atom. The van der Waals surface area contributed by atoms with Crippen molar-refractivity contribution >= 4 is 16.0 Å². The summed E-state index contributed by atoms with van der Waals surface area (Å²) in [5.41, 5.74) is 0. The number of rotatable bonds is 20. The van der Waals surface area contributed by atoms with Crippen LogP contribution < -0.4 is 0 Å². The van der Waals surface area contributed by atoms with Crippen molar-refractivity contribution in [1.29, 1.82) is 0 Å². The van der Waals surface area contributed by atoms with Crippen molar-refractivity contribution in [3.05, 3.63) is 0 Å². The summed E-state index contributed by atoms with van der Waals surface area (Å²) in [5, 5.41) is 0. The van der Waals surface area contributed by atoms with Gasteiger partial charge in [0.2, 0.25) is 5.91 Å². The van der Waals surface area contributed by atoms with Gasteiger partial charge in [-0.1, -0.05) is 71.1 Å². The minimum Gasteiger partial charge on any atom is -0.343 e. The molecule has 0 bridgehead atoms. The van der Waals surface area contributed by atoms with E-state index in [1.54, 1.807) is 0 Å². The number of carbonyl (C=O) groups is 1. The van der Waals surface area contributed by atoms with E-state index in [0.29, 0.717) is 6.42 Å². The fraction of sp³-hybridized carbons (Fsp3) is 0.963. The molecule has 0 saturated carbocycles. The van der Waals surface area contributed by atoms with Crippen LogP contribution in [0.2, 0.25) is 0 Å². The van der Waals surface area contributed by atoms with Gasteiger partial charge in [-0.15, -0.1) is 0 Å². The van der Waals surface area contributed by atoms with E-state index in [0.717, 1.165) is 63.0 Å². The Balaban J connectivity index is 2.46. The molecule has 1 heterocycles. The highest BCUT2D eigenvalue weighted by Crippen LogP contribution is 2.27. The van der Waals surface area contributed by atoms with Crippen LogP contribution in [0, 0.1) is 5.92 Å². The third kappa shape index (κ3) is 13.4. The lowest BCUT2D eigenvalue weighted by molar-refractivity contribution is -0.935. The summed E-state index contributed by atoms with van der Waals surface area (Å²) in [6.45, 7) is 11.4. The molecule has 6 nitrogen and oxygen atoms in total. The first kappa shape index (κ1) is 31.4. The Morgan fingerprint density at radius 3 is 1.82 bits per heavy atom. The van der Waals surface area contributed by atoms with Crippen molar-refractivity contribution in [2.75, 3.05) is 45.0 Å². The maximum Gasteiger partial charge on any atom is 0.265 e. The van der Waals surface area contributed by atoms with E-state index < -0.39 is 10.1 Å². The maximum absolute atomic E-state index is 13.0. The van der Waals surface area contributed by atoms with Gasteiger partial charge in [0.05, 0.1) is 37.8 Å². The summed E-state index contributed by atoms with van der Waals surface area (Å²) in [6.07, 6.45) is 18.3. The van der Waals surface area contributed by atoms with Crippen LogP contribution in [0.5, 0.6) is 0 Å². The first-order valence-electron chi connectivity index (χ1n) is 14.4. The molecular formula is C27H55N2O4S+. The minimum absolute atomic E-state index is 0.0386. The fourth-order valence-corrected chi connectivity index (χ4v) is 6.20. The first-order chi connectivity index (χ1) is 16.3. The van der Waals surface area contributed by atoms with Gasteiger partial charge in [-0.3, -0.25) is 9.35 Å². The second-order valence-electron chi connectivity index (χ2n) is 10.6. The molecule has 2 atom stereocenters. The van der Waals surface area contributed by atoms with E-state index in [4.69, 9.17) is 0 Å². The van der Waals surface area contributed by atoms with Gasteiger partial charge < -0.3 is 9.38 Å². The molecule has 0 aromatic heterocycles. The van der Waals surface area contributed by atoms with Crippen LogP contribution in [0.25, 0.3) is 0 Å². The predicted octanol–water partition coefficient (Wildman–Crippen LogP) is 6.06. The quantitative estimate of drug-likeness (QED) is 0.124. The molecule has 2 unspecified atom stereocenters. The molecule has 1 aliphatic rings. The smallest absolute Gasteiger partial charge is 0.265 e. The van der Waals surface area contributed by atoms with Crippen molar-refractivity contribution in [2.24, 2.45) is 5.92 Å². The highest BCUT2D eigenvalue weighted by molar-refractivity contribution is 7.85. The van der Waals surface area contributed by atoms with Crippen LogP contribution in [0.4, 0.5) is 0 Å². The number of amides is 1. The number of carbonyl (C=O) groups excluding carboxylic acids is 1. The highest BCUT2D eigenvalue weighted by Gasteiger charge is 2.38. The zero-order valence-electron chi connectivity index (χ0n) is 22.6. The Labute approximate surface area is 211 Å². The van der Waals surface area contributed by atoms with Gasteiger partial charge in [0.15, 0.2) is 0 Å². The SMILES string of the molecule is CCCCCCCCCCCCCC[N+]1(CCCS(=O)(=O)O)CCCC(C(=O)N(CC)CC)C1. The van der Waals surface area contributed by atoms with Gasteiger partial charge in [-0.25, -0.2) is 0 Å². The Hall–Kier alpha value is -0.660. The van der Waals surface area contributed by atoms with Crippen LogP contribution >= 0.6 is 0 Å². The number of unbranched alkanes of at least 4 members (excludes halogenated alkanes) is 11. The molecule has 202 valence electrons. The molecule has 1 saturated heterocycles. The molecule has 1 N–H and O–H groups in total. The molecule has 1 fully saturated rings. The minimum atomic E-state index is -3.94. The van der Waals surface area contributed by atoms with E-state index >= 15 is 0 Å². The number of quaternary nitrogens is 1. The number of nitrogens with zero attached hydrogens (tertiary/aromatic N) is 2. The third-order valence-electron chi connectivity index (χ3n) is 7.74. The highest BCUT2D eigenvalue weighted by atomic mass is 32.2. The van der Waals surface area contributed by atoms with Gasteiger partial charge in [0, 0.05) is 19.5 Å². The zero-order valence-corrected chi connectivity index (χ0v) is 23.4. The Morgan fingerprint density at radius 2 is 1.32 bits per heavy atom. The lowest BCUT2D eigenvalue weighted by Crippen LogP contribution is -2.58. The molecule has 1 rings (SSSR count). The lowest BCUT2D eigenvalue weighted by Gasteiger charge is -2.45. The van der Waals surface area contributed by atoms with Crippen LogP contribution in [-0.2, 0) is 14.9 Å². The van der Waals surface area contributed by atoms with E-state index in [2.05, 4.69) is 6.92 Å². The molecule has 0 spiro atoms. The van der Waals surface area contributed by atoms with Gasteiger partial charge in [-0.05, 0) is 39.5 Å².